The molecule has 1 amide bonds. The van der Waals surface area contributed by atoms with Crippen molar-refractivity contribution in [2.45, 2.75) is 44.8 Å². The average Bonchev–Trinajstić information content (AvgIpc) is 3.28. The zero-order chi connectivity index (χ0) is 27.5. The second-order valence-electron chi connectivity index (χ2n) is 10.0. The van der Waals surface area contributed by atoms with Crippen LogP contribution in [0.15, 0.2) is 99.3 Å². The third-order valence-electron chi connectivity index (χ3n) is 7.36. The van der Waals surface area contributed by atoms with Crippen molar-refractivity contribution in [3.05, 3.63) is 111 Å². The van der Waals surface area contributed by atoms with Crippen molar-refractivity contribution in [1.29, 1.82) is 0 Å². The number of halogens is 2. The second-order valence-corrected chi connectivity index (χ2v) is 11.9. The van der Waals surface area contributed by atoms with E-state index in [0.29, 0.717) is 16.7 Å². The Morgan fingerprint density at radius 2 is 1.75 bits per heavy atom. The first-order valence-corrected chi connectivity index (χ1v) is 15.1. The zero-order valence-corrected chi connectivity index (χ0v) is 24.3. The van der Waals surface area contributed by atoms with Crippen LogP contribution in [-0.2, 0) is 11.4 Å². The largest absolute Gasteiger partial charge is 0.488 e. The minimum atomic E-state index is -0.396. The fourth-order valence-corrected chi connectivity index (χ4v) is 6.88. The molecule has 0 bridgehead atoms. The van der Waals surface area contributed by atoms with Gasteiger partial charge in [-0.15, -0.1) is 0 Å². The van der Waals surface area contributed by atoms with Crippen LogP contribution in [-0.4, -0.2) is 22.0 Å². The Morgan fingerprint density at radius 1 is 0.975 bits per heavy atom. The maximum absolute atomic E-state index is 14.4. The highest BCUT2D eigenvalue weighted by Crippen LogP contribution is 2.39. The number of rotatable bonds is 6. The van der Waals surface area contributed by atoms with Crippen molar-refractivity contribution in [1.82, 2.24) is 4.90 Å². The molecule has 1 heterocycles. The predicted octanol–water partition coefficient (Wildman–Crippen LogP) is 9.26. The molecule has 2 fully saturated rings. The number of amides is 1. The Bertz CT molecular complexity index is 1620. The molecule has 202 valence electrons. The van der Waals surface area contributed by atoms with Gasteiger partial charge in [0.1, 0.15) is 23.9 Å². The fourth-order valence-electron chi connectivity index (χ4n) is 5.32. The van der Waals surface area contributed by atoms with Crippen molar-refractivity contribution >= 4 is 61.3 Å². The zero-order valence-electron chi connectivity index (χ0n) is 21.9. The highest BCUT2D eigenvalue weighted by atomic mass is 79.9. The van der Waals surface area contributed by atoms with Gasteiger partial charge in [-0.1, -0.05) is 79.9 Å². The number of nitrogens with zero attached hydrogens (tertiary/aromatic N) is 2. The molecule has 1 aliphatic heterocycles. The summed E-state index contributed by atoms with van der Waals surface area (Å²) < 4.78 is 21.4. The van der Waals surface area contributed by atoms with Gasteiger partial charge in [-0.05, 0) is 92.8 Å². The first-order chi connectivity index (χ1) is 19.6. The summed E-state index contributed by atoms with van der Waals surface area (Å²) in [5, 5.41) is 2.90. The molecule has 0 N–H and O–H groups in total. The van der Waals surface area contributed by atoms with E-state index in [4.69, 9.17) is 4.74 Å². The van der Waals surface area contributed by atoms with E-state index in [9.17, 15) is 9.18 Å². The van der Waals surface area contributed by atoms with Gasteiger partial charge in [0.05, 0.1) is 9.38 Å². The molecule has 1 saturated heterocycles. The summed E-state index contributed by atoms with van der Waals surface area (Å²) in [5.74, 6) is 0.262. The number of thioether (sulfide) groups is 1. The van der Waals surface area contributed by atoms with Crippen molar-refractivity contribution in [3.8, 4) is 5.75 Å². The van der Waals surface area contributed by atoms with Crippen molar-refractivity contribution in [3.63, 3.8) is 0 Å². The Morgan fingerprint density at radius 3 is 2.58 bits per heavy atom. The molecule has 0 unspecified atom stereocenters. The van der Waals surface area contributed by atoms with Gasteiger partial charge in [0.15, 0.2) is 5.17 Å². The molecule has 0 aromatic heterocycles. The summed E-state index contributed by atoms with van der Waals surface area (Å²) in [6.45, 7) is 0.445. The first kappa shape index (κ1) is 26.8. The number of hydrogen-bond donors (Lipinski definition) is 0. The SMILES string of the molecule is O=C1/C(=C/c2ccc(OCc3cccc4ccccc34)c(Br)c2)SC(=Nc2ccccc2F)N1C1CCCCC1. The number of benzene rings is 4. The number of para-hydroxylation sites is 1. The molecule has 0 atom stereocenters. The molecular formula is C33H28BrFN2O2S. The third-order valence-corrected chi connectivity index (χ3v) is 8.96. The number of hydrogen-bond acceptors (Lipinski definition) is 4. The van der Waals surface area contributed by atoms with Gasteiger partial charge in [0.2, 0.25) is 0 Å². The van der Waals surface area contributed by atoms with E-state index in [1.165, 1.54) is 35.0 Å². The molecule has 7 heteroatoms. The van der Waals surface area contributed by atoms with E-state index in [-0.39, 0.29) is 17.6 Å². The van der Waals surface area contributed by atoms with E-state index in [1.807, 2.05) is 42.5 Å². The molecule has 40 heavy (non-hydrogen) atoms. The van der Waals surface area contributed by atoms with Gasteiger partial charge in [-0.25, -0.2) is 9.38 Å². The topological polar surface area (TPSA) is 41.9 Å². The molecule has 1 aliphatic carbocycles. The Kier molecular flexibility index (Phi) is 8.03. The van der Waals surface area contributed by atoms with Crippen LogP contribution in [0.2, 0.25) is 0 Å². The third kappa shape index (κ3) is 5.72. The minimum absolute atomic E-state index is 0.0700. The monoisotopic (exact) mass is 614 g/mol. The van der Waals surface area contributed by atoms with E-state index >= 15 is 0 Å². The van der Waals surface area contributed by atoms with Crippen LogP contribution in [0.5, 0.6) is 5.75 Å². The summed E-state index contributed by atoms with van der Waals surface area (Å²) in [7, 11) is 0. The lowest BCUT2D eigenvalue weighted by molar-refractivity contribution is -0.124. The quantitative estimate of drug-likeness (QED) is 0.203. The summed E-state index contributed by atoms with van der Waals surface area (Å²) in [6, 6.07) is 26.8. The molecule has 2 aliphatic rings. The highest BCUT2D eigenvalue weighted by Gasteiger charge is 2.38. The number of fused-ring (bicyclic) bond motifs is 1. The van der Waals surface area contributed by atoms with Gasteiger partial charge in [0.25, 0.3) is 5.91 Å². The fraction of sp³-hybridized carbons (Fsp3) is 0.212. The molecular weight excluding hydrogens is 587 g/mol. The van der Waals surface area contributed by atoms with E-state index < -0.39 is 5.82 Å². The highest BCUT2D eigenvalue weighted by molar-refractivity contribution is 9.10. The van der Waals surface area contributed by atoms with Gasteiger partial charge >= 0.3 is 0 Å². The molecule has 1 saturated carbocycles. The summed E-state index contributed by atoms with van der Waals surface area (Å²) in [6.07, 6.45) is 7.09. The summed E-state index contributed by atoms with van der Waals surface area (Å²) in [4.78, 5) is 20.6. The average molecular weight is 616 g/mol. The van der Waals surface area contributed by atoms with Crippen LogP contribution in [0.1, 0.15) is 43.2 Å². The van der Waals surface area contributed by atoms with Gasteiger partial charge in [-0.3, -0.25) is 9.69 Å². The molecule has 0 spiro atoms. The van der Waals surface area contributed by atoms with Crippen molar-refractivity contribution in [2.24, 2.45) is 4.99 Å². The summed E-state index contributed by atoms with van der Waals surface area (Å²) in [5.41, 5.74) is 2.24. The van der Waals surface area contributed by atoms with Gasteiger partial charge < -0.3 is 4.74 Å². The minimum Gasteiger partial charge on any atom is -0.488 e. The molecule has 4 aromatic rings. The van der Waals surface area contributed by atoms with Crippen LogP contribution < -0.4 is 4.74 Å². The van der Waals surface area contributed by atoms with E-state index in [2.05, 4.69) is 45.2 Å². The lowest BCUT2D eigenvalue weighted by atomic mass is 9.94. The van der Waals surface area contributed by atoms with Crippen molar-refractivity contribution in [2.75, 3.05) is 0 Å². The smallest absolute Gasteiger partial charge is 0.267 e. The van der Waals surface area contributed by atoms with Crippen molar-refractivity contribution < 1.29 is 13.9 Å². The summed E-state index contributed by atoms with van der Waals surface area (Å²) >= 11 is 4.96. The van der Waals surface area contributed by atoms with Gasteiger partial charge in [0, 0.05) is 6.04 Å². The maximum atomic E-state index is 14.4. The number of aliphatic imine (C=N–C) groups is 1. The number of ether oxygens (including phenoxy) is 1. The maximum Gasteiger partial charge on any atom is 0.267 e. The van der Waals surface area contributed by atoms with Crippen LogP contribution >= 0.6 is 27.7 Å². The molecule has 0 radical (unpaired) electrons. The number of amidine groups is 1. The molecule has 4 nitrogen and oxygen atoms in total. The molecule has 4 aromatic carbocycles. The predicted molar refractivity (Wildman–Crippen MR) is 165 cm³/mol. The Balaban J connectivity index is 1.24. The van der Waals surface area contributed by atoms with Crippen LogP contribution in [0.4, 0.5) is 10.1 Å². The second kappa shape index (κ2) is 12.0. The van der Waals surface area contributed by atoms with Crippen LogP contribution in [0, 0.1) is 5.82 Å². The molecule has 6 rings (SSSR count). The standard InChI is InChI=1S/C33H28BrFN2O2S/c34-27-19-22(17-18-30(27)39-21-24-11-8-10-23-9-4-5-14-26(23)24)20-31-32(38)37(25-12-2-1-3-13-25)33(40-31)36-29-16-7-6-15-28(29)35/h4-11,14-20,25H,1-3,12-13,21H2/b31-20-,36-33?. The Labute approximate surface area is 246 Å². The Hall–Kier alpha value is -3.42. The van der Waals surface area contributed by atoms with E-state index in [0.717, 1.165) is 47.0 Å². The van der Waals surface area contributed by atoms with E-state index in [1.54, 1.807) is 23.1 Å². The van der Waals surface area contributed by atoms with Crippen LogP contribution in [0.3, 0.4) is 0 Å². The number of carbonyl (C=O) groups is 1. The lowest BCUT2D eigenvalue weighted by Gasteiger charge is -2.30. The number of carbonyl (C=O) groups excluding carboxylic acids is 1. The lowest BCUT2D eigenvalue weighted by Crippen LogP contribution is -2.40. The van der Waals surface area contributed by atoms with Gasteiger partial charge in [-0.2, -0.15) is 0 Å². The normalized spacial score (nSPS) is 18.2. The van der Waals surface area contributed by atoms with Crippen LogP contribution in [0.25, 0.3) is 16.8 Å². The first-order valence-electron chi connectivity index (χ1n) is 13.5.